The summed E-state index contributed by atoms with van der Waals surface area (Å²) >= 11 is 0. The Morgan fingerprint density at radius 1 is 0.226 bits per heavy atom. The number of benzene rings is 4. The third-order valence-electron chi connectivity index (χ3n) is 20.1. The second-order valence-corrected chi connectivity index (χ2v) is 31.1. The van der Waals surface area contributed by atoms with Crippen molar-refractivity contribution < 1.29 is 25.9 Å². The van der Waals surface area contributed by atoms with Crippen molar-refractivity contribution in [2.75, 3.05) is 0 Å². The summed E-state index contributed by atoms with van der Waals surface area (Å²) in [7, 11) is -9.05. The first-order chi connectivity index (χ1) is 45.0. The molecule has 0 radical (unpaired) electrons. The van der Waals surface area contributed by atoms with E-state index in [4.69, 9.17) is 0 Å². The number of hydrogen-bond donors (Lipinski definition) is 0. The Morgan fingerprint density at radius 2 is 0.387 bits per heavy atom. The average Bonchev–Trinajstić information content (AvgIpc) is 0.789. The van der Waals surface area contributed by atoms with E-state index in [0.29, 0.717) is 10.8 Å². The van der Waals surface area contributed by atoms with Gasteiger partial charge in [-0.05, 0) is 96.5 Å². The van der Waals surface area contributed by atoms with Crippen molar-refractivity contribution >= 4 is 90.7 Å². The predicted molar refractivity (Wildman–Crippen MR) is 406 cm³/mol. The van der Waals surface area contributed by atoms with E-state index in [1.54, 1.807) is 12.1 Å². The Labute approximate surface area is 616 Å². The zero-order valence-electron chi connectivity index (χ0n) is 61.2. The van der Waals surface area contributed by atoms with Crippen molar-refractivity contribution in [3.05, 3.63) is 82.9 Å². The van der Waals surface area contributed by atoms with E-state index in [1.165, 1.54) is 344 Å². The van der Waals surface area contributed by atoms with Crippen LogP contribution in [0, 0.1) is 0 Å². The van der Waals surface area contributed by atoms with Gasteiger partial charge < -0.3 is 9.11 Å². The molecule has 0 aliphatic rings. The van der Waals surface area contributed by atoms with Crippen molar-refractivity contribution in [1.29, 1.82) is 0 Å². The summed E-state index contributed by atoms with van der Waals surface area (Å²) in [5, 5.41) is 3.31. The summed E-state index contributed by atoms with van der Waals surface area (Å²) in [5.41, 5.74) is 4.41. The second kappa shape index (κ2) is 59.6. The van der Waals surface area contributed by atoms with Crippen LogP contribution in [0.25, 0.3) is 21.5 Å². The Hall–Kier alpha value is -1.21. The van der Waals surface area contributed by atoms with Crippen LogP contribution >= 0.6 is 0 Å². The normalized spacial score (nSPS) is 11.8. The number of unbranched alkanes of at least 4 members (excludes halogenated alkanes) is 52. The van der Waals surface area contributed by atoms with Crippen molar-refractivity contribution in [1.82, 2.24) is 0 Å². The van der Waals surface area contributed by atoms with Gasteiger partial charge in [-0.3, -0.25) is 0 Å². The molecule has 0 saturated heterocycles. The summed E-state index contributed by atoms with van der Waals surface area (Å²) in [5.74, 6) is 0. The molecule has 4 aromatic carbocycles. The van der Waals surface area contributed by atoms with E-state index >= 15 is 0 Å². The fourth-order valence-corrected chi connectivity index (χ4v) is 15.8. The standard InChI is InChI=1S/2C42H72O3S.Ba/c2*1-3-5-7-9-11-13-15-17-19-21-23-25-27-29-32-38-36-37-39(42-40(38)34-31-35-41(42)46(43,44)45)33-30-28-26-24-22-20-18-16-14-12-10-8-6-4-2;/h2*31,34-37H,3-30,32-33H2,1-2H3,(H,43,44,45);/q;;+2/p-2. The van der Waals surface area contributed by atoms with Crippen LogP contribution in [0.5, 0.6) is 0 Å². The van der Waals surface area contributed by atoms with Crippen LogP contribution in [0.2, 0.25) is 0 Å². The summed E-state index contributed by atoms with van der Waals surface area (Å²) in [6.45, 7) is 9.11. The van der Waals surface area contributed by atoms with Crippen molar-refractivity contribution in [3.8, 4) is 0 Å². The van der Waals surface area contributed by atoms with Crippen LogP contribution in [-0.4, -0.2) is 74.8 Å². The fourth-order valence-electron chi connectivity index (χ4n) is 14.3. The number of fused-ring (bicyclic) bond motifs is 2. The van der Waals surface area contributed by atoms with Crippen LogP contribution < -0.4 is 0 Å². The maximum atomic E-state index is 12.3. The second-order valence-electron chi connectivity index (χ2n) is 28.4. The first-order valence-corrected chi connectivity index (χ1v) is 42.8. The quantitative estimate of drug-likeness (QED) is 0.0247. The molecule has 0 aliphatic heterocycles. The summed E-state index contributed by atoms with van der Waals surface area (Å²) in [4.78, 5) is -0.0682. The maximum Gasteiger partial charge on any atom is 2.00 e. The van der Waals surface area contributed by atoms with Crippen LogP contribution in [0.15, 0.2) is 70.5 Å². The smallest absolute Gasteiger partial charge is 0.744 e. The monoisotopic (exact) mass is 1450 g/mol. The van der Waals surface area contributed by atoms with E-state index in [2.05, 4.69) is 52.0 Å². The van der Waals surface area contributed by atoms with Crippen molar-refractivity contribution in [3.63, 3.8) is 0 Å². The molecule has 0 spiro atoms. The molecule has 0 amide bonds. The van der Waals surface area contributed by atoms with E-state index in [0.717, 1.165) is 86.1 Å². The SMILES string of the molecule is CCCCCCCCCCCCCCCCc1ccc(CCCCCCCCCCCCCCCC)c2c(S(=O)(=O)[O-])cccc12.CCCCCCCCCCCCCCCCc1ccc(CCCCCCCCCCCCCCCC)c2c(S(=O)(=O)[O-])cccc12.[Ba+2]. The van der Waals surface area contributed by atoms with Gasteiger partial charge in [0.05, 0.1) is 9.79 Å². The Morgan fingerprint density at radius 3 is 0.570 bits per heavy atom. The molecule has 0 N–H and O–H groups in total. The van der Waals surface area contributed by atoms with Gasteiger partial charge in [0.2, 0.25) is 0 Å². The zero-order chi connectivity index (χ0) is 66.3. The molecule has 0 heterocycles. The van der Waals surface area contributed by atoms with Gasteiger partial charge in [-0.1, -0.05) is 410 Å². The summed E-state index contributed by atoms with van der Waals surface area (Å²) < 4.78 is 73.5. The van der Waals surface area contributed by atoms with Gasteiger partial charge in [0.1, 0.15) is 20.2 Å². The third-order valence-corrected chi connectivity index (χ3v) is 21.9. The fraction of sp³-hybridized carbons (Fsp3) is 0.762. The molecule has 4 rings (SSSR count). The molecule has 4 aromatic rings. The summed E-state index contributed by atoms with van der Waals surface area (Å²) in [6, 6.07) is 19.2. The van der Waals surface area contributed by atoms with Crippen LogP contribution in [0.3, 0.4) is 0 Å². The summed E-state index contributed by atoms with van der Waals surface area (Å²) in [6.07, 6.45) is 78.1. The molecule has 0 fully saturated rings. The molecule has 0 aromatic heterocycles. The topological polar surface area (TPSA) is 114 Å². The number of hydrogen-bond acceptors (Lipinski definition) is 6. The van der Waals surface area contributed by atoms with Crippen LogP contribution in [0.1, 0.15) is 410 Å². The Balaban J connectivity index is 0.000000627. The Kier molecular flexibility index (Phi) is 56.4. The third kappa shape index (κ3) is 43.2. The van der Waals surface area contributed by atoms with Gasteiger partial charge in [0, 0.05) is 10.8 Å². The van der Waals surface area contributed by atoms with Crippen molar-refractivity contribution in [2.45, 2.75) is 423 Å². The zero-order valence-corrected chi connectivity index (χ0v) is 67.2. The molecular weight excluding hydrogens is 1310 g/mol. The van der Waals surface area contributed by atoms with Gasteiger partial charge in [-0.2, -0.15) is 0 Å². The van der Waals surface area contributed by atoms with E-state index in [1.807, 2.05) is 12.1 Å². The largest absolute Gasteiger partial charge is 2.00 e. The molecule has 9 heteroatoms. The average molecular weight is 1450 g/mol. The van der Waals surface area contributed by atoms with Crippen LogP contribution in [-0.2, 0) is 45.9 Å². The van der Waals surface area contributed by atoms with E-state index in [-0.39, 0.29) is 58.7 Å². The Bertz CT molecular complexity index is 2430. The van der Waals surface area contributed by atoms with Gasteiger partial charge in [-0.15, -0.1) is 0 Å². The predicted octanol–water partition coefficient (Wildman–Crippen LogP) is 27.2. The molecule has 0 aliphatic carbocycles. The maximum absolute atomic E-state index is 12.3. The molecular formula is C84H142BaO6S2. The number of aryl methyl sites for hydroxylation is 4. The van der Waals surface area contributed by atoms with Gasteiger partial charge in [-0.25, -0.2) is 16.8 Å². The molecule has 0 unspecified atom stereocenters. The minimum absolute atomic E-state index is 0. The molecule has 0 saturated carbocycles. The van der Waals surface area contributed by atoms with Crippen LogP contribution in [0.4, 0.5) is 0 Å². The van der Waals surface area contributed by atoms with E-state index < -0.39 is 20.2 Å². The minimum Gasteiger partial charge on any atom is -0.744 e. The molecule has 528 valence electrons. The molecule has 93 heavy (non-hydrogen) atoms. The van der Waals surface area contributed by atoms with Gasteiger partial charge in [0.15, 0.2) is 0 Å². The molecule has 0 bridgehead atoms. The number of rotatable bonds is 62. The molecule has 0 atom stereocenters. The van der Waals surface area contributed by atoms with E-state index in [9.17, 15) is 25.9 Å². The molecule has 6 nitrogen and oxygen atoms in total. The van der Waals surface area contributed by atoms with Gasteiger partial charge in [0.25, 0.3) is 0 Å². The van der Waals surface area contributed by atoms with Gasteiger partial charge >= 0.3 is 48.9 Å². The minimum atomic E-state index is -4.53. The first kappa shape index (κ1) is 87.9. The first-order valence-electron chi connectivity index (χ1n) is 40.0. The van der Waals surface area contributed by atoms with Crippen molar-refractivity contribution in [2.24, 2.45) is 0 Å².